The molecule has 222 valence electrons. The minimum atomic E-state index is -0.399. The van der Waals surface area contributed by atoms with Crippen LogP contribution in [0.25, 0.3) is 11.3 Å². The molecule has 2 aromatic rings. The van der Waals surface area contributed by atoms with Gasteiger partial charge in [0.2, 0.25) is 5.91 Å². The maximum absolute atomic E-state index is 13.5. The van der Waals surface area contributed by atoms with Crippen LogP contribution in [-0.4, -0.2) is 116 Å². The molecule has 2 fully saturated rings. The molecule has 4 aliphatic rings. The zero-order chi connectivity index (χ0) is 29.8. The number of nitrogens with zero attached hydrogens (tertiary/aromatic N) is 9. The Bertz CT molecular complexity index is 1460. The number of amidine groups is 2. The number of β-amino-alcohol motifs (C(OH)–C–C–N with tert-alkyl or cyclic N) is 1. The number of aliphatic imine (C=N–C) groups is 1. The molecule has 1 aromatic carbocycles. The normalized spacial score (nSPS) is 23.8. The van der Waals surface area contributed by atoms with Crippen LogP contribution < -0.4 is 4.90 Å². The molecule has 5 heterocycles. The van der Waals surface area contributed by atoms with E-state index in [4.69, 9.17) is 15.1 Å². The quantitative estimate of drug-likeness (QED) is 0.527. The number of likely N-dealkylation sites (N-methyl/N-ethyl adjacent to an activating group) is 1. The summed E-state index contributed by atoms with van der Waals surface area (Å²) < 4.78 is 13.5. The number of benzene rings is 1. The number of aromatic nitrogens is 1. The highest BCUT2D eigenvalue weighted by Gasteiger charge is 2.46. The van der Waals surface area contributed by atoms with Gasteiger partial charge in [-0.25, -0.2) is 14.4 Å². The third kappa shape index (κ3) is 5.23. The highest BCUT2D eigenvalue weighted by atomic mass is 32.2. The lowest BCUT2D eigenvalue weighted by molar-refractivity contribution is -0.144. The van der Waals surface area contributed by atoms with Crippen LogP contribution in [0.3, 0.4) is 0 Å². The standard InChI is InChI=1S/C28H34FN9O2S2/c1-5-20-24(34(4)25-32-23(21(12-30)41-25)17-6-8-18(29)9-7-17)38-26(31-20)42-27(33-38)35-10-11-37(28(2,3)16-35)15-22(40)36-13-19(39)14-36/h6-9,19-20,24,39H,5,10-11,13-16H2,1-4H3. The number of piperazine rings is 1. The van der Waals surface area contributed by atoms with E-state index in [2.05, 4.69) is 36.6 Å². The fourth-order valence-electron chi connectivity index (χ4n) is 5.79. The molecular weight excluding hydrogens is 578 g/mol. The Labute approximate surface area is 252 Å². The molecule has 0 spiro atoms. The monoisotopic (exact) mass is 611 g/mol. The number of nitriles is 1. The van der Waals surface area contributed by atoms with Gasteiger partial charge in [-0.1, -0.05) is 18.3 Å². The van der Waals surface area contributed by atoms with Gasteiger partial charge in [0, 0.05) is 50.9 Å². The molecule has 11 nitrogen and oxygen atoms in total. The number of anilines is 1. The fraction of sp³-hybridized carbons (Fsp3) is 0.536. The predicted molar refractivity (Wildman–Crippen MR) is 163 cm³/mol. The summed E-state index contributed by atoms with van der Waals surface area (Å²) in [5, 5.41) is 28.8. The largest absolute Gasteiger partial charge is 0.389 e. The lowest BCUT2D eigenvalue weighted by atomic mass is 9.99. The van der Waals surface area contributed by atoms with Gasteiger partial charge in [0.25, 0.3) is 0 Å². The summed E-state index contributed by atoms with van der Waals surface area (Å²) in [4.78, 5) is 31.2. The summed E-state index contributed by atoms with van der Waals surface area (Å²) in [6.07, 6.45) is 0.215. The number of carbonyl (C=O) groups is 1. The van der Waals surface area contributed by atoms with Gasteiger partial charge < -0.3 is 19.8 Å². The Morgan fingerprint density at radius 1 is 1.24 bits per heavy atom. The molecular formula is C28H34FN9O2S2. The van der Waals surface area contributed by atoms with Crippen molar-refractivity contribution in [3.05, 3.63) is 35.0 Å². The van der Waals surface area contributed by atoms with Gasteiger partial charge in [-0.05, 0) is 56.3 Å². The summed E-state index contributed by atoms with van der Waals surface area (Å²) in [6, 6.07) is 8.25. The number of hydrogen-bond acceptors (Lipinski definition) is 12. The van der Waals surface area contributed by atoms with Crippen LogP contribution in [0.15, 0.2) is 34.4 Å². The van der Waals surface area contributed by atoms with E-state index in [1.165, 1.54) is 23.5 Å². The molecule has 0 bridgehead atoms. The Morgan fingerprint density at radius 2 is 1.98 bits per heavy atom. The van der Waals surface area contributed by atoms with Gasteiger partial charge in [0.05, 0.1) is 18.7 Å². The molecule has 0 aliphatic carbocycles. The number of thiazole rings is 1. The number of hydrazone groups is 1. The molecule has 1 amide bonds. The number of amides is 1. The van der Waals surface area contributed by atoms with Gasteiger partial charge >= 0.3 is 0 Å². The zero-order valence-electron chi connectivity index (χ0n) is 24.1. The molecule has 0 saturated carbocycles. The molecule has 2 atom stereocenters. The molecule has 1 aromatic heterocycles. The van der Waals surface area contributed by atoms with E-state index in [0.717, 1.165) is 29.8 Å². The van der Waals surface area contributed by atoms with Crippen LogP contribution in [0.4, 0.5) is 9.52 Å². The Kier molecular flexibility index (Phi) is 7.63. The van der Waals surface area contributed by atoms with E-state index >= 15 is 0 Å². The molecule has 14 heteroatoms. The van der Waals surface area contributed by atoms with E-state index in [-0.39, 0.29) is 29.5 Å². The van der Waals surface area contributed by atoms with Crippen LogP contribution in [0.1, 0.15) is 32.1 Å². The molecule has 2 unspecified atom stereocenters. The predicted octanol–water partition coefficient (Wildman–Crippen LogP) is 2.65. The van der Waals surface area contributed by atoms with Gasteiger partial charge in [0.15, 0.2) is 15.5 Å². The maximum atomic E-state index is 13.5. The average molecular weight is 612 g/mol. The highest BCUT2D eigenvalue weighted by Crippen LogP contribution is 2.39. The van der Waals surface area contributed by atoms with Crippen molar-refractivity contribution in [1.29, 1.82) is 5.26 Å². The van der Waals surface area contributed by atoms with Crippen molar-refractivity contribution in [2.24, 2.45) is 10.1 Å². The second-order valence-corrected chi connectivity index (χ2v) is 13.6. The van der Waals surface area contributed by atoms with Crippen molar-refractivity contribution in [3.8, 4) is 17.3 Å². The van der Waals surface area contributed by atoms with E-state index in [1.54, 1.807) is 28.8 Å². The number of aliphatic hydroxyl groups excluding tert-OH is 1. The van der Waals surface area contributed by atoms with E-state index in [9.17, 15) is 19.6 Å². The van der Waals surface area contributed by atoms with Crippen molar-refractivity contribution >= 4 is 44.5 Å². The minimum absolute atomic E-state index is 0.0224. The second-order valence-electron chi connectivity index (χ2n) is 11.6. The Balaban J connectivity index is 1.18. The molecule has 4 aliphatic heterocycles. The lowest BCUT2D eigenvalue weighted by Gasteiger charge is -2.48. The maximum Gasteiger partial charge on any atom is 0.236 e. The van der Waals surface area contributed by atoms with E-state index < -0.39 is 6.10 Å². The molecule has 1 N–H and O–H groups in total. The average Bonchev–Trinajstić information content (AvgIpc) is 3.65. The SMILES string of the molecule is CCC1N=C2SC(N3CCN(CC(=O)N4CC(O)C4)C(C)(C)C3)=NN2C1N(C)c1nc(-c2ccc(F)cc2)c(C#N)s1. The first-order valence-electron chi connectivity index (χ1n) is 14.1. The third-order valence-electron chi connectivity index (χ3n) is 8.28. The summed E-state index contributed by atoms with van der Waals surface area (Å²) in [5.74, 6) is -0.276. The topological polar surface area (TPSA) is 115 Å². The van der Waals surface area contributed by atoms with Gasteiger partial charge in [-0.2, -0.15) is 5.26 Å². The summed E-state index contributed by atoms with van der Waals surface area (Å²) in [6.45, 7) is 9.76. The van der Waals surface area contributed by atoms with Gasteiger partial charge in [-0.15, -0.1) is 5.10 Å². The van der Waals surface area contributed by atoms with Crippen molar-refractivity contribution in [1.82, 2.24) is 24.7 Å². The number of rotatable bonds is 6. The smallest absolute Gasteiger partial charge is 0.236 e. The fourth-order valence-corrected chi connectivity index (χ4v) is 7.67. The Hall–Kier alpha value is -3.25. The van der Waals surface area contributed by atoms with Crippen LogP contribution in [0.5, 0.6) is 0 Å². The highest BCUT2D eigenvalue weighted by molar-refractivity contribution is 8.26. The van der Waals surface area contributed by atoms with E-state index in [0.29, 0.717) is 47.4 Å². The molecule has 6 rings (SSSR count). The summed E-state index contributed by atoms with van der Waals surface area (Å²) in [5.41, 5.74) is 0.991. The third-order valence-corrected chi connectivity index (χ3v) is 10.3. The first kappa shape index (κ1) is 28.9. The van der Waals surface area contributed by atoms with Gasteiger partial charge in [0.1, 0.15) is 28.6 Å². The zero-order valence-corrected chi connectivity index (χ0v) is 25.7. The van der Waals surface area contributed by atoms with Crippen LogP contribution in [0.2, 0.25) is 0 Å². The van der Waals surface area contributed by atoms with Crippen molar-refractivity contribution in [2.45, 2.75) is 51.0 Å². The number of likely N-dealkylation sites (tertiary alicyclic amines) is 1. The van der Waals surface area contributed by atoms with E-state index in [1.807, 2.05) is 17.0 Å². The van der Waals surface area contributed by atoms with Gasteiger partial charge in [-0.3, -0.25) is 14.7 Å². The van der Waals surface area contributed by atoms with Crippen molar-refractivity contribution < 1.29 is 14.3 Å². The van der Waals surface area contributed by atoms with Crippen LogP contribution in [-0.2, 0) is 4.79 Å². The molecule has 42 heavy (non-hydrogen) atoms. The minimum Gasteiger partial charge on any atom is -0.389 e. The summed E-state index contributed by atoms with van der Waals surface area (Å²) in [7, 11) is 1.95. The second kappa shape index (κ2) is 11.1. The first-order chi connectivity index (χ1) is 20.1. The number of fused-ring (bicyclic) bond motifs is 1. The number of hydrogen-bond donors (Lipinski definition) is 1. The molecule has 0 radical (unpaired) electrons. The van der Waals surface area contributed by atoms with Crippen molar-refractivity contribution in [3.63, 3.8) is 0 Å². The number of aliphatic hydroxyl groups is 1. The summed E-state index contributed by atoms with van der Waals surface area (Å²) >= 11 is 2.87. The first-order valence-corrected chi connectivity index (χ1v) is 15.7. The van der Waals surface area contributed by atoms with Crippen molar-refractivity contribution in [2.75, 3.05) is 51.2 Å². The van der Waals surface area contributed by atoms with Crippen LogP contribution >= 0.6 is 23.1 Å². The number of thioether (sulfide) groups is 1. The lowest BCUT2D eigenvalue weighted by Crippen LogP contribution is -2.63. The number of halogens is 1. The van der Waals surface area contributed by atoms with Crippen LogP contribution in [0, 0.1) is 17.1 Å². The number of carbonyl (C=O) groups excluding carboxylic acids is 1. The Morgan fingerprint density at radius 3 is 2.62 bits per heavy atom. The molecule has 2 saturated heterocycles.